The molecular weight excluding hydrogens is 502 g/mol. The topological polar surface area (TPSA) is 90.8 Å². The third kappa shape index (κ3) is 7.56. The van der Waals surface area contributed by atoms with Gasteiger partial charge in [-0.05, 0) is 48.4 Å². The highest BCUT2D eigenvalue weighted by Crippen LogP contribution is 2.22. The van der Waals surface area contributed by atoms with Crippen molar-refractivity contribution < 1.29 is 14.7 Å². The third-order valence-corrected chi connectivity index (χ3v) is 6.15. The molecule has 3 aromatic rings. The average Bonchev–Trinajstić information content (AvgIpc) is 2.82. The van der Waals surface area contributed by atoms with Crippen molar-refractivity contribution >= 4 is 51.4 Å². The number of benzene rings is 3. The SMILES string of the molecule is Cc1ccc(/C=N/NC(=O)c2cc(Br)ccc2NC(=O)c2ccc(CSCCO)cc2)cc1. The van der Waals surface area contributed by atoms with Gasteiger partial charge in [0.15, 0.2) is 0 Å². The smallest absolute Gasteiger partial charge is 0.273 e. The minimum atomic E-state index is -0.439. The van der Waals surface area contributed by atoms with Crippen LogP contribution in [0.5, 0.6) is 0 Å². The number of carbonyl (C=O) groups excluding carboxylic acids is 2. The number of hydrogen-bond donors (Lipinski definition) is 3. The lowest BCUT2D eigenvalue weighted by atomic mass is 10.1. The van der Waals surface area contributed by atoms with Crippen LogP contribution in [0, 0.1) is 6.92 Å². The number of thioether (sulfide) groups is 1. The van der Waals surface area contributed by atoms with Gasteiger partial charge < -0.3 is 10.4 Å². The fourth-order valence-electron chi connectivity index (χ4n) is 2.89. The molecule has 0 spiro atoms. The summed E-state index contributed by atoms with van der Waals surface area (Å²) < 4.78 is 0.706. The number of hydrogen-bond acceptors (Lipinski definition) is 5. The zero-order valence-electron chi connectivity index (χ0n) is 18.0. The summed E-state index contributed by atoms with van der Waals surface area (Å²) in [6, 6.07) is 20.1. The highest BCUT2D eigenvalue weighted by Gasteiger charge is 2.15. The quantitative estimate of drug-likeness (QED) is 0.208. The monoisotopic (exact) mass is 525 g/mol. The first kappa shape index (κ1) is 24.7. The van der Waals surface area contributed by atoms with Crippen molar-refractivity contribution in [3.8, 4) is 0 Å². The first-order chi connectivity index (χ1) is 16.0. The summed E-state index contributed by atoms with van der Waals surface area (Å²) in [6.45, 7) is 2.14. The van der Waals surface area contributed by atoms with Gasteiger partial charge in [0.2, 0.25) is 0 Å². The summed E-state index contributed by atoms with van der Waals surface area (Å²) >= 11 is 5.00. The second kappa shape index (κ2) is 12.3. The molecule has 6 nitrogen and oxygen atoms in total. The molecule has 0 aliphatic rings. The number of nitrogens with zero attached hydrogens (tertiary/aromatic N) is 1. The number of aliphatic hydroxyl groups excluding tert-OH is 1. The van der Waals surface area contributed by atoms with Crippen molar-refractivity contribution in [2.45, 2.75) is 12.7 Å². The first-order valence-corrected chi connectivity index (χ1v) is 12.2. The van der Waals surface area contributed by atoms with E-state index in [1.165, 1.54) is 0 Å². The van der Waals surface area contributed by atoms with Crippen molar-refractivity contribution in [2.24, 2.45) is 5.10 Å². The van der Waals surface area contributed by atoms with Gasteiger partial charge in [0.25, 0.3) is 11.8 Å². The van der Waals surface area contributed by atoms with Crippen LogP contribution in [0.4, 0.5) is 5.69 Å². The Bertz CT molecular complexity index is 1130. The van der Waals surface area contributed by atoms with Gasteiger partial charge in [-0.1, -0.05) is 57.9 Å². The molecule has 0 heterocycles. The number of amides is 2. The van der Waals surface area contributed by atoms with E-state index in [4.69, 9.17) is 5.11 Å². The number of halogens is 1. The van der Waals surface area contributed by atoms with E-state index in [0.29, 0.717) is 21.5 Å². The lowest BCUT2D eigenvalue weighted by Gasteiger charge is -2.11. The van der Waals surface area contributed by atoms with E-state index in [0.717, 1.165) is 22.4 Å². The normalized spacial score (nSPS) is 10.9. The molecule has 0 radical (unpaired) electrons. The van der Waals surface area contributed by atoms with E-state index in [1.54, 1.807) is 48.3 Å². The van der Waals surface area contributed by atoms with Crippen molar-refractivity contribution in [3.05, 3.63) is 99.0 Å². The Hall–Kier alpha value is -2.94. The minimum absolute atomic E-state index is 0.144. The highest BCUT2D eigenvalue weighted by atomic mass is 79.9. The maximum absolute atomic E-state index is 12.7. The molecule has 0 fully saturated rings. The van der Waals surface area contributed by atoms with Crippen LogP contribution in [0.15, 0.2) is 76.3 Å². The Balaban J connectivity index is 1.67. The largest absolute Gasteiger partial charge is 0.396 e. The molecule has 170 valence electrons. The lowest BCUT2D eigenvalue weighted by Crippen LogP contribution is -2.21. The Morgan fingerprint density at radius 3 is 2.45 bits per heavy atom. The van der Waals surface area contributed by atoms with Crippen molar-refractivity contribution in [3.63, 3.8) is 0 Å². The summed E-state index contributed by atoms with van der Waals surface area (Å²) in [5.74, 6) is 0.684. The molecule has 0 saturated heterocycles. The van der Waals surface area contributed by atoms with E-state index in [-0.39, 0.29) is 18.1 Å². The molecular formula is C25H24BrN3O3S. The Labute approximate surface area is 205 Å². The van der Waals surface area contributed by atoms with Gasteiger partial charge in [-0.25, -0.2) is 5.43 Å². The molecule has 0 saturated carbocycles. The zero-order chi connectivity index (χ0) is 23.6. The molecule has 0 aliphatic heterocycles. The molecule has 3 N–H and O–H groups in total. The van der Waals surface area contributed by atoms with Crippen LogP contribution in [-0.4, -0.2) is 35.5 Å². The molecule has 0 unspecified atom stereocenters. The number of nitrogens with one attached hydrogen (secondary N) is 2. The van der Waals surface area contributed by atoms with Crippen LogP contribution in [0.3, 0.4) is 0 Å². The number of aliphatic hydroxyl groups is 1. The second-order valence-electron chi connectivity index (χ2n) is 7.23. The fraction of sp³-hybridized carbons (Fsp3) is 0.160. The molecule has 33 heavy (non-hydrogen) atoms. The second-order valence-corrected chi connectivity index (χ2v) is 9.25. The predicted molar refractivity (Wildman–Crippen MR) is 138 cm³/mol. The number of carbonyl (C=O) groups is 2. The Kier molecular flexibility index (Phi) is 9.24. The van der Waals surface area contributed by atoms with E-state index in [9.17, 15) is 9.59 Å². The number of hydrazone groups is 1. The summed E-state index contributed by atoms with van der Waals surface area (Å²) in [5, 5.41) is 15.7. The lowest BCUT2D eigenvalue weighted by molar-refractivity contribution is 0.0956. The van der Waals surface area contributed by atoms with Crippen LogP contribution in [0.25, 0.3) is 0 Å². The molecule has 3 rings (SSSR count). The molecule has 0 aromatic heterocycles. The van der Waals surface area contributed by atoms with Crippen molar-refractivity contribution in [2.75, 3.05) is 17.7 Å². The van der Waals surface area contributed by atoms with Crippen LogP contribution < -0.4 is 10.7 Å². The summed E-state index contributed by atoms with van der Waals surface area (Å²) in [4.78, 5) is 25.5. The van der Waals surface area contributed by atoms with E-state index >= 15 is 0 Å². The van der Waals surface area contributed by atoms with Crippen molar-refractivity contribution in [1.82, 2.24) is 5.43 Å². The van der Waals surface area contributed by atoms with Crippen molar-refractivity contribution in [1.29, 1.82) is 0 Å². The van der Waals surface area contributed by atoms with Gasteiger partial charge in [-0.3, -0.25) is 9.59 Å². The van der Waals surface area contributed by atoms with Gasteiger partial charge >= 0.3 is 0 Å². The van der Waals surface area contributed by atoms with E-state index in [1.807, 2.05) is 43.3 Å². The molecule has 2 amide bonds. The molecule has 0 aliphatic carbocycles. The maximum atomic E-state index is 12.7. The molecule has 3 aromatic carbocycles. The van der Waals surface area contributed by atoms with Gasteiger partial charge in [-0.2, -0.15) is 16.9 Å². The Morgan fingerprint density at radius 2 is 1.76 bits per heavy atom. The number of aryl methyl sites for hydroxylation is 1. The summed E-state index contributed by atoms with van der Waals surface area (Å²) in [5.41, 5.74) is 6.74. The third-order valence-electron chi connectivity index (χ3n) is 4.65. The molecule has 0 atom stereocenters. The van der Waals surface area contributed by atoms with Crippen LogP contribution in [-0.2, 0) is 5.75 Å². The maximum Gasteiger partial charge on any atom is 0.273 e. The van der Waals surface area contributed by atoms with Gasteiger partial charge in [0, 0.05) is 21.5 Å². The Morgan fingerprint density at radius 1 is 1.03 bits per heavy atom. The molecule has 8 heteroatoms. The number of anilines is 1. The number of rotatable bonds is 9. The van der Waals surface area contributed by atoms with Gasteiger partial charge in [0.1, 0.15) is 0 Å². The standard InChI is InChI=1S/C25H24BrN3O3S/c1-17-2-4-18(5-3-17)15-27-29-25(32)22-14-21(26)10-11-23(22)28-24(31)20-8-6-19(7-9-20)16-33-13-12-30/h2-11,14-15,30H,12-13,16H2,1H3,(H,28,31)(H,29,32)/b27-15+. The van der Waals surface area contributed by atoms with Gasteiger partial charge in [-0.15, -0.1) is 0 Å². The zero-order valence-corrected chi connectivity index (χ0v) is 20.4. The van der Waals surface area contributed by atoms with Gasteiger partial charge in [0.05, 0.1) is 24.1 Å². The summed E-state index contributed by atoms with van der Waals surface area (Å²) in [6.07, 6.45) is 1.56. The van der Waals surface area contributed by atoms with Crippen LogP contribution in [0.1, 0.15) is 37.4 Å². The fourth-order valence-corrected chi connectivity index (χ4v) is 3.96. The highest BCUT2D eigenvalue weighted by molar-refractivity contribution is 9.10. The van der Waals surface area contributed by atoms with E-state index < -0.39 is 5.91 Å². The minimum Gasteiger partial charge on any atom is -0.396 e. The van der Waals surface area contributed by atoms with E-state index in [2.05, 4.69) is 31.8 Å². The average molecular weight is 526 g/mol. The predicted octanol–water partition coefficient (Wildman–Crippen LogP) is 5.00. The van der Waals surface area contributed by atoms with Crippen LogP contribution >= 0.6 is 27.7 Å². The molecule has 0 bridgehead atoms. The van der Waals surface area contributed by atoms with Crippen LogP contribution in [0.2, 0.25) is 0 Å². The first-order valence-electron chi connectivity index (χ1n) is 10.2. The summed E-state index contributed by atoms with van der Waals surface area (Å²) in [7, 11) is 0.